The number of phenols is 1. The Bertz CT molecular complexity index is 1380. The van der Waals surface area contributed by atoms with Crippen LogP contribution in [0.2, 0.25) is 0 Å². The number of aromatic hydroxyl groups is 1. The molecular formula is C27H23NO3S. The predicted octanol–water partition coefficient (Wildman–Crippen LogP) is 5.74. The molecule has 0 saturated heterocycles. The van der Waals surface area contributed by atoms with E-state index in [1.165, 1.54) is 4.31 Å². The second-order valence-electron chi connectivity index (χ2n) is 8.10. The van der Waals surface area contributed by atoms with Crippen LogP contribution < -0.4 is 0 Å². The smallest absolute Gasteiger partial charge is 0.243 e. The Labute approximate surface area is 188 Å². The van der Waals surface area contributed by atoms with Crippen LogP contribution >= 0.6 is 0 Å². The first kappa shape index (κ1) is 20.5. The maximum absolute atomic E-state index is 13.4. The van der Waals surface area contributed by atoms with E-state index in [0.717, 1.165) is 38.9 Å². The van der Waals surface area contributed by atoms with Crippen LogP contribution in [0.4, 0.5) is 0 Å². The molecular weight excluding hydrogens is 418 g/mol. The summed E-state index contributed by atoms with van der Waals surface area (Å²) < 4.78 is 28.2. The number of hydrogen-bond acceptors (Lipinski definition) is 3. The zero-order valence-electron chi connectivity index (χ0n) is 17.7. The third-order valence-electron chi connectivity index (χ3n) is 5.97. The van der Waals surface area contributed by atoms with Crippen LogP contribution in [0, 0.1) is 6.92 Å². The lowest BCUT2D eigenvalue weighted by Crippen LogP contribution is -2.25. The molecule has 160 valence electrons. The lowest BCUT2D eigenvalue weighted by molar-refractivity contribution is 0.431. The minimum Gasteiger partial charge on any atom is -0.507 e. The molecule has 1 heterocycles. The maximum atomic E-state index is 13.4. The highest BCUT2D eigenvalue weighted by atomic mass is 32.2. The minimum absolute atomic E-state index is 0.156. The van der Waals surface area contributed by atoms with Gasteiger partial charge in [0, 0.05) is 18.7 Å². The molecule has 0 atom stereocenters. The third-order valence-corrected chi connectivity index (χ3v) is 7.78. The molecule has 0 spiro atoms. The van der Waals surface area contributed by atoms with Crippen LogP contribution in [-0.4, -0.2) is 17.8 Å². The molecule has 4 aromatic carbocycles. The van der Waals surface area contributed by atoms with Crippen molar-refractivity contribution in [3.8, 4) is 28.0 Å². The fraction of sp³-hybridized carbons (Fsp3) is 0.111. The molecule has 1 aliphatic rings. The summed E-state index contributed by atoms with van der Waals surface area (Å²) in [5.74, 6) is 0.156. The molecule has 0 saturated carbocycles. The van der Waals surface area contributed by atoms with Crippen molar-refractivity contribution in [2.24, 2.45) is 0 Å². The number of fused-ring (bicyclic) bond motifs is 1. The number of aryl methyl sites for hydroxylation is 1. The quantitative estimate of drug-likeness (QED) is 0.439. The summed E-state index contributed by atoms with van der Waals surface area (Å²) in [6.07, 6.45) is 0. The largest absolute Gasteiger partial charge is 0.507 e. The van der Waals surface area contributed by atoms with Gasteiger partial charge in [0.2, 0.25) is 10.0 Å². The van der Waals surface area contributed by atoms with E-state index in [2.05, 4.69) is 0 Å². The number of rotatable bonds is 4. The van der Waals surface area contributed by atoms with Gasteiger partial charge in [0.05, 0.1) is 4.90 Å². The van der Waals surface area contributed by atoms with E-state index in [9.17, 15) is 13.5 Å². The van der Waals surface area contributed by atoms with Crippen molar-refractivity contribution in [2.75, 3.05) is 0 Å². The molecule has 0 amide bonds. The molecule has 5 heteroatoms. The Hall–Kier alpha value is -3.41. The van der Waals surface area contributed by atoms with Gasteiger partial charge in [-0.1, -0.05) is 78.4 Å². The number of nitrogens with zero attached hydrogens (tertiary/aromatic N) is 1. The Kier molecular flexibility index (Phi) is 5.08. The van der Waals surface area contributed by atoms with Crippen LogP contribution in [0.3, 0.4) is 0 Å². The Morgan fingerprint density at radius 3 is 1.91 bits per heavy atom. The first-order chi connectivity index (χ1) is 15.4. The van der Waals surface area contributed by atoms with Gasteiger partial charge in [0.25, 0.3) is 0 Å². The van der Waals surface area contributed by atoms with E-state index in [4.69, 9.17) is 0 Å². The van der Waals surface area contributed by atoms with E-state index in [0.29, 0.717) is 0 Å². The molecule has 0 fully saturated rings. The highest BCUT2D eigenvalue weighted by Gasteiger charge is 2.34. The summed E-state index contributed by atoms with van der Waals surface area (Å²) in [5.41, 5.74) is 6.23. The van der Waals surface area contributed by atoms with Crippen LogP contribution in [0.5, 0.6) is 5.75 Å². The van der Waals surface area contributed by atoms with Crippen molar-refractivity contribution in [1.82, 2.24) is 4.31 Å². The van der Waals surface area contributed by atoms with Crippen molar-refractivity contribution < 1.29 is 13.5 Å². The van der Waals surface area contributed by atoms with Gasteiger partial charge in [-0.15, -0.1) is 0 Å². The monoisotopic (exact) mass is 441 g/mol. The summed E-state index contributed by atoms with van der Waals surface area (Å²) >= 11 is 0. The first-order valence-corrected chi connectivity index (χ1v) is 11.9. The van der Waals surface area contributed by atoms with E-state index < -0.39 is 10.0 Å². The second kappa shape index (κ2) is 7.93. The molecule has 0 aliphatic carbocycles. The van der Waals surface area contributed by atoms with Crippen LogP contribution in [0.25, 0.3) is 22.3 Å². The van der Waals surface area contributed by atoms with Crippen molar-refractivity contribution in [1.29, 1.82) is 0 Å². The SMILES string of the molecule is Cc1ccc(S(=O)(=O)N2Cc3cc(O)c(-c4ccccc4)c(-c4ccccc4)c3C2)cc1. The topological polar surface area (TPSA) is 57.6 Å². The highest BCUT2D eigenvalue weighted by molar-refractivity contribution is 7.89. The Balaban J connectivity index is 1.67. The second-order valence-corrected chi connectivity index (χ2v) is 10.0. The average molecular weight is 442 g/mol. The molecule has 0 bridgehead atoms. The minimum atomic E-state index is -3.66. The molecule has 0 aromatic heterocycles. The summed E-state index contributed by atoms with van der Waals surface area (Å²) in [6, 6.07) is 28.2. The Morgan fingerprint density at radius 1 is 0.750 bits per heavy atom. The predicted molar refractivity (Wildman–Crippen MR) is 127 cm³/mol. The van der Waals surface area contributed by atoms with Gasteiger partial charge in [0.1, 0.15) is 5.75 Å². The van der Waals surface area contributed by atoms with Gasteiger partial charge in [-0.3, -0.25) is 0 Å². The van der Waals surface area contributed by atoms with Gasteiger partial charge in [-0.05, 0) is 52.9 Å². The summed E-state index contributed by atoms with van der Waals surface area (Å²) in [7, 11) is -3.66. The van der Waals surface area contributed by atoms with Gasteiger partial charge < -0.3 is 5.11 Å². The van der Waals surface area contributed by atoms with Crippen LogP contribution in [0.1, 0.15) is 16.7 Å². The number of phenolic OH excluding ortho intramolecular Hbond substituents is 1. The fourth-order valence-electron chi connectivity index (χ4n) is 4.36. The van der Waals surface area contributed by atoms with Crippen LogP contribution in [0.15, 0.2) is 95.9 Å². The maximum Gasteiger partial charge on any atom is 0.243 e. The van der Waals surface area contributed by atoms with Crippen molar-refractivity contribution >= 4 is 10.0 Å². The van der Waals surface area contributed by atoms with E-state index in [-0.39, 0.29) is 23.7 Å². The number of sulfonamides is 1. The number of benzene rings is 4. The molecule has 5 rings (SSSR count). The van der Waals surface area contributed by atoms with Gasteiger partial charge >= 0.3 is 0 Å². The van der Waals surface area contributed by atoms with E-state index >= 15 is 0 Å². The zero-order valence-corrected chi connectivity index (χ0v) is 18.5. The number of hydrogen-bond donors (Lipinski definition) is 1. The summed E-state index contributed by atoms with van der Waals surface area (Å²) in [5, 5.41) is 11.0. The lowest BCUT2D eigenvalue weighted by Gasteiger charge is -2.18. The molecule has 32 heavy (non-hydrogen) atoms. The average Bonchev–Trinajstić information content (AvgIpc) is 3.24. The van der Waals surface area contributed by atoms with Gasteiger partial charge in [-0.2, -0.15) is 4.31 Å². The molecule has 4 nitrogen and oxygen atoms in total. The summed E-state index contributed by atoms with van der Waals surface area (Å²) in [6.45, 7) is 2.42. The molecule has 1 N–H and O–H groups in total. The standard InChI is InChI=1S/C27H23NO3S/c1-19-12-14-23(15-13-19)32(30,31)28-17-22-16-25(29)27(21-10-6-3-7-11-21)26(24(22)18-28)20-8-4-2-5-9-20/h2-16,29H,17-18H2,1H3. The van der Waals surface area contributed by atoms with E-state index in [1.807, 2.05) is 79.7 Å². The van der Waals surface area contributed by atoms with Crippen molar-refractivity contribution in [3.63, 3.8) is 0 Å². The van der Waals surface area contributed by atoms with Crippen LogP contribution in [-0.2, 0) is 23.1 Å². The molecule has 1 aliphatic heterocycles. The third kappa shape index (κ3) is 3.49. The molecule has 0 unspecified atom stereocenters. The fourth-order valence-corrected chi connectivity index (χ4v) is 5.74. The van der Waals surface area contributed by atoms with Crippen molar-refractivity contribution in [3.05, 3.63) is 108 Å². The summed E-state index contributed by atoms with van der Waals surface area (Å²) in [4.78, 5) is 0.282. The highest BCUT2D eigenvalue weighted by Crippen LogP contribution is 2.46. The first-order valence-electron chi connectivity index (χ1n) is 10.5. The molecule has 0 radical (unpaired) electrons. The Morgan fingerprint density at radius 2 is 1.31 bits per heavy atom. The van der Waals surface area contributed by atoms with E-state index in [1.54, 1.807) is 18.2 Å². The van der Waals surface area contributed by atoms with Gasteiger partial charge in [-0.25, -0.2) is 8.42 Å². The van der Waals surface area contributed by atoms with Gasteiger partial charge in [0.15, 0.2) is 0 Å². The van der Waals surface area contributed by atoms with Crippen molar-refractivity contribution in [2.45, 2.75) is 24.9 Å². The zero-order chi connectivity index (χ0) is 22.3. The molecule has 4 aromatic rings. The normalized spacial score (nSPS) is 13.8. The lowest BCUT2D eigenvalue weighted by atomic mass is 9.88.